The number of halogens is 3. The lowest BCUT2D eigenvalue weighted by Gasteiger charge is -2.20. The normalized spacial score (nSPS) is 12.5. The zero-order valence-corrected chi connectivity index (χ0v) is 17.5. The molecule has 1 N–H and O–H groups in total. The quantitative estimate of drug-likeness (QED) is 0.379. The van der Waals surface area contributed by atoms with Gasteiger partial charge in [0.1, 0.15) is 0 Å². The summed E-state index contributed by atoms with van der Waals surface area (Å²) in [4.78, 5) is 17.2. The van der Waals surface area contributed by atoms with E-state index in [2.05, 4.69) is 10.3 Å². The minimum atomic E-state index is -4.37. The highest BCUT2D eigenvalue weighted by Gasteiger charge is 2.29. The van der Waals surface area contributed by atoms with Gasteiger partial charge >= 0.3 is 6.18 Å². The number of rotatable bonds is 7. The number of pyridine rings is 1. The lowest BCUT2D eigenvalue weighted by atomic mass is 10.1. The monoisotopic (exact) mass is 450 g/mol. The standard InChI is InChI=1S/C26H21F3N2O2/c27-26(28,29)22-11-8-18(9-12-22)16-33-17-24(19-5-2-1-3-6-19)31-25(32)21-10-13-23-20(15-21)7-4-14-30-23/h1-15,24H,16-17H2,(H,31,32). The van der Waals surface area contributed by atoms with Crippen LogP contribution in [0.2, 0.25) is 0 Å². The van der Waals surface area contributed by atoms with Crippen LogP contribution in [0, 0.1) is 0 Å². The Hall–Kier alpha value is -3.71. The fourth-order valence-corrected chi connectivity index (χ4v) is 3.45. The number of hydrogen-bond donors (Lipinski definition) is 1. The number of ether oxygens (including phenoxy) is 1. The molecule has 0 aliphatic heterocycles. The third kappa shape index (κ3) is 5.75. The molecule has 0 bridgehead atoms. The molecule has 3 aromatic carbocycles. The van der Waals surface area contributed by atoms with E-state index in [0.29, 0.717) is 11.1 Å². The fourth-order valence-electron chi connectivity index (χ4n) is 3.45. The topological polar surface area (TPSA) is 51.2 Å². The highest BCUT2D eigenvalue weighted by atomic mass is 19.4. The SMILES string of the molecule is O=C(NC(COCc1ccc(C(F)(F)F)cc1)c1ccccc1)c1ccc2ncccc2c1. The summed E-state index contributed by atoms with van der Waals surface area (Å²) < 4.78 is 44.0. The van der Waals surface area contributed by atoms with Crippen LogP contribution in [0.4, 0.5) is 13.2 Å². The molecule has 0 radical (unpaired) electrons. The molecule has 0 saturated heterocycles. The average Bonchev–Trinajstić information content (AvgIpc) is 2.83. The van der Waals surface area contributed by atoms with E-state index in [1.165, 1.54) is 12.1 Å². The Morgan fingerprint density at radius 2 is 1.70 bits per heavy atom. The van der Waals surface area contributed by atoms with Gasteiger partial charge in [-0.25, -0.2) is 0 Å². The largest absolute Gasteiger partial charge is 0.416 e. The number of fused-ring (bicyclic) bond motifs is 1. The van der Waals surface area contributed by atoms with Crippen molar-refractivity contribution in [2.45, 2.75) is 18.8 Å². The van der Waals surface area contributed by atoms with E-state index in [9.17, 15) is 18.0 Å². The Morgan fingerprint density at radius 3 is 2.42 bits per heavy atom. The number of nitrogens with zero attached hydrogens (tertiary/aromatic N) is 1. The van der Waals surface area contributed by atoms with Crippen molar-refractivity contribution in [1.29, 1.82) is 0 Å². The maximum absolute atomic E-state index is 12.9. The summed E-state index contributed by atoms with van der Waals surface area (Å²) in [6, 6.07) is 22.8. The third-order valence-corrected chi connectivity index (χ3v) is 5.21. The van der Waals surface area contributed by atoms with E-state index < -0.39 is 17.8 Å². The van der Waals surface area contributed by atoms with Gasteiger partial charge in [-0.1, -0.05) is 48.5 Å². The van der Waals surface area contributed by atoms with Gasteiger partial charge in [0, 0.05) is 17.1 Å². The lowest BCUT2D eigenvalue weighted by Crippen LogP contribution is -2.31. The maximum atomic E-state index is 12.9. The van der Waals surface area contributed by atoms with Gasteiger partial charge < -0.3 is 10.1 Å². The van der Waals surface area contributed by atoms with Crippen LogP contribution in [0.5, 0.6) is 0 Å². The molecule has 1 aromatic heterocycles. The van der Waals surface area contributed by atoms with Crippen molar-refractivity contribution in [3.63, 3.8) is 0 Å². The lowest BCUT2D eigenvalue weighted by molar-refractivity contribution is -0.137. The first-order valence-corrected chi connectivity index (χ1v) is 10.3. The second-order valence-electron chi connectivity index (χ2n) is 7.56. The molecular formula is C26H21F3N2O2. The van der Waals surface area contributed by atoms with E-state index in [-0.39, 0.29) is 19.1 Å². The minimum Gasteiger partial charge on any atom is -0.374 e. The van der Waals surface area contributed by atoms with Crippen LogP contribution < -0.4 is 5.32 Å². The fraction of sp³-hybridized carbons (Fsp3) is 0.154. The molecule has 168 valence electrons. The molecule has 4 rings (SSSR count). The number of benzene rings is 3. The molecule has 0 saturated carbocycles. The number of nitrogens with one attached hydrogen (secondary N) is 1. The Labute approximate surface area is 189 Å². The number of amides is 1. The van der Waals surface area contributed by atoms with E-state index in [0.717, 1.165) is 28.6 Å². The molecule has 33 heavy (non-hydrogen) atoms. The van der Waals surface area contributed by atoms with Crippen LogP contribution >= 0.6 is 0 Å². The zero-order valence-electron chi connectivity index (χ0n) is 17.5. The molecule has 0 fully saturated rings. The van der Waals surface area contributed by atoms with Crippen LogP contribution in [0.3, 0.4) is 0 Å². The molecule has 0 aliphatic rings. The van der Waals surface area contributed by atoms with Crippen molar-refractivity contribution in [2.75, 3.05) is 6.61 Å². The number of aromatic nitrogens is 1. The number of hydrogen-bond acceptors (Lipinski definition) is 3. The van der Waals surface area contributed by atoms with Crippen molar-refractivity contribution in [1.82, 2.24) is 10.3 Å². The van der Waals surface area contributed by atoms with Gasteiger partial charge in [-0.05, 0) is 47.5 Å². The van der Waals surface area contributed by atoms with E-state index in [1.807, 2.05) is 42.5 Å². The van der Waals surface area contributed by atoms with Crippen molar-refractivity contribution in [3.8, 4) is 0 Å². The molecule has 1 unspecified atom stereocenters. The van der Waals surface area contributed by atoms with Gasteiger partial charge in [-0.15, -0.1) is 0 Å². The smallest absolute Gasteiger partial charge is 0.374 e. The molecule has 1 heterocycles. The van der Waals surface area contributed by atoms with Gasteiger partial charge in [0.25, 0.3) is 5.91 Å². The average molecular weight is 450 g/mol. The maximum Gasteiger partial charge on any atom is 0.416 e. The Kier molecular flexibility index (Phi) is 6.70. The molecular weight excluding hydrogens is 429 g/mol. The van der Waals surface area contributed by atoms with Gasteiger partial charge in [0.2, 0.25) is 0 Å². The summed E-state index contributed by atoms with van der Waals surface area (Å²) in [5.74, 6) is -0.257. The second-order valence-corrected chi connectivity index (χ2v) is 7.56. The van der Waals surface area contributed by atoms with Gasteiger partial charge in [-0.3, -0.25) is 9.78 Å². The molecule has 0 spiro atoms. The predicted octanol–water partition coefficient (Wildman–Crippen LogP) is 5.94. The van der Waals surface area contributed by atoms with E-state index in [1.54, 1.807) is 24.4 Å². The first-order chi connectivity index (χ1) is 15.9. The Balaban J connectivity index is 1.44. The van der Waals surface area contributed by atoms with Crippen LogP contribution in [0.25, 0.3) is 10.9 Å². The summed E-state index contributed by atoms with van der Waals surface area (Å²) in [7, 11) is 0. The molecule has 0 aliphatic carbocycles. The van der Waals surface area contributed by atoms with Crippen molar-refractivity contribution in [3.05, 3.63) is 113 Å². The van der Waals surface area contributed by atoms with Crippen molar-refractivity contribution < 1.29 is 22.7 Å². The summed E-state index contributed by atoms with van der Waals surface area (Å²) in [5, 5.41) is 3.86. The summed E-state index contributed by atoms with van der Waals surface area (Å²) in [6.07, 6.45) is -2.68. The number of carbonyl (C=O) groups is 1. The molecule has 4 nitrogen and oxygen atoms in total. The highest BCUT2D eigenvalue weighted by molar-refractivity contribution is 5.98. The summed E-state index contributed by atoms with van der Waals surface area (Å²) >= 11 is 0. The van der Waals surface area contributed by atoms with Gasteiger partial charge in [0.05, 0.1) is 30.3 Å². The summed E-state index contributed by atoms with van der Waals surface area (Å²) in [6.45, 7) is 0.283. The van der Waals surface area contributed by atoms with Crippen LogP contribution in [-0.4, -0.2) is 17.5 Å². The van der Waals surface area contributed by atoms with Crippen LogP contribution in [-0.2, 0) is 17.5 Å². The molecule has 4 aromatic rings. The van der Waals surface area contributed by atoms with Gasteiger partial charge in [-0.2, -0.15) is 13.2 Å². The van der Waals surface area contributed by atoms with E-state index >= 15 is 0 Å². The molecule has 1 amide bonds. The molecule has 7 heteroatoms. The number of alkyl halides is 3. The van der Waals surface area contributed by atoms with Gasteiger partial charge in [0.15, 0.2) is 0 Å². The number of carbonyl (C=O) groups excluding carboxylic acids is 1. The highest BCUT2D eigenvalue weighted by Crippen LogP contribution is 2.29. The third-order valence-electron chi connectivity index (χ3n) is 5.21. The first kappa shape index (κ1) is 22.5. The van der Waals surface area contributed by atoms with Crippen molar-refractivity contribution in [2.24, 2.45) is 0 Å². The van der Waals surface area contributed by atoms with Crippen LogP contribution in [0.1, 0.15) is 33.1 Å². The minimum absolute atomic E-state index is 0.124. The first-order valence-electron chi connectivity index (χ1n) is 10.3. The molecule has 1 atom stereocenters. The second kappa shape index (κ2) is 9.83. The predicted molar refractivity (Wildman–Crippen MR) is 119 cm³/mol. The van der Waals surface area contributed by atoms with Crippen LogP contribution in [0.15, 0.2) is 91.1 Å². The summed E-state index contributed by atoms with van der Waals surface area (Å²) in [5.41, 5.74) is 2.07. The Bertz CT molecular complexity index is 1230. The zero-order chi connectivity index (χ0) is 23.3. The van der Waals surface area contributed by atoms with Crippen molar-refractivity contribution >= 4 is 16.8 Å². The van der Waals surface area contributed by atoms with E-state index in [4.69, 9.17) is 4.74 Å². The Morgan fingerprint density at radius 1 is 0.939 bits per heavy atom.